The van der Waals surface area contributed by atoms with Crippen molar-refractivity contribution in [3.63, 3.8) is 0 Å². The molecule has 0 bridgehead atoms. The highest BCUT2D eigenvalue weighted by atomic mass is 16.7. The van der Waals surface area contributed by atoms with Crippen LogP contribution in [-0.4, -0.2) is 179 Å². The summed E-state index contributed by atoms with van der Waals surface area (Å²) >= 11 is 0. The summed E-state index contributed by atoms with van der Waals surface area (Å²) < 4.78 is 20.5. The number of ether oxygens (including phenoxy) is 3. The zero-order chi connectivity index (χ0) is 66.9. The lowest BCUT2D eigenvalue weighted by molar-refractivity contribution is -0.462. The van der Waals surface area contributed by atoms with E-state index in [4.69, 9.17) is 24.6 Å². The van der Waals surface area contributed by atoms with Gasteiger partial charge in [-0.2, -0.15) is 0 Å². The number of hydrogen-bond donors (Lipinski definition) is 0. The first-order valence-corrected chi connectivity index (χ1v) is 32.1. The van der Waals surface area contributed by atoms with Crippen molar-refractivity contribution in [3.8, 4) is 0 Å². The number of benzene rings is 4. The number of hydrogen-bond acceptors (Lipinski definition) is 13. The fourth-order valence-corrected chi connectivity index (χ4v) is 10.1. The topological polar surface area (TPSA) is 176 Å². The Kier molecular flexibility index (Phi) is 30.8. The average Bonchev–Trinajstić information content (AvgIpc) is 1.56. The van der Waals surface area contributed by atoms with E-state index in [1.165, 1.54) is 28.1 Å². The number of carbonyl (C=O) groups is 4. The first-order chi connectivity index (χ1) is 44.9. The quantitative estimate of drug-likeness (QED) is 0.0108. The second-order valence-electron chi connectivity index (χ2n) is 23.7. The molecule has 0 unspecified atom stereocenters. The number of anilines is 4. The summed E-state index contributed by atoms with van der Waals surface area (Å²) in [6, 6.07) is 34.3. The number of amides is 2. The van der Waals surface area contributed by atoms with Gasteiger partial charge in [0.05, 0.1) is 33.0 Å². The van der Waals surface area contributed by atoms with Crippen LogP contribution in [0.5, 0.6) is 0 Å². The number of unbranched alkanes of at least 4 members (excludes halogenated alkanes) is 2. The van der Waals surface area contributed by atoms with Crippen LogP contribution in [0.25, 0.3) is 33.7 Å². The SMILES string of the molecule is CN(C)c1ccc(C(/C=C/c2ccc(N(C)CCCCC(=O)CCCOCCOCCOCCN=[N+]=[N-])cc2)=C2C=CC(=[N+](C)C)C=C2)cc1.CN(C)c1ccc(C(/C=C/c2ccc(N(C)CCCCC(=O)ON3C(=O)CCC3=O)cc2)=C2C=CC(=[N+](C)C)C=C2)cc1. The van der Waals surface area contributed by atoms with Gasteiger partial charge >= 0.3 is 5.97 Å². The average molecular weight is 1270 g/mol. The number of allylic oxidation sites excluding steroid dienone is 14. The largest absolute Gasteiger partial charge is 0.379 e. The molecule has 1 aliphatic heterocycles. The third-order valence-corrected chi connectivity index (χ3v) is 15.7. The van der Waals surface area contributed by atoms with Gasteiger partial charge in [-0.1, -0.05) is 77.9 Å². The Labute approximate surface area is 551 Å². The van der Waals surface area contributed by atoms with Crippen molar-refractivity contribution < 1.29 is 47.4 Å². The van der Waals surface area contributed by atoms with Crippen molar-refractivity contribution in [2.75, 3.05) is 149 Å². The molecule has 4 aromatic rings. The maximum absolute atomic E-state index is 12.3. The van der Waals surface area contributed by atoms with Crippen LogP contribution < -0.4 is 19.6 Å². The molecule has 1 heterocycles. The summed E-state index contributed by atoms with van der Waals surface area (Å²) in [4.78, 5) is 63.7. The van der Waals surface area contributed by atoms with Crippen LogP contribution in [0.4, 0.5) is 22.7 Å². The molecule has 1 fully saturated rings. The second kappa shape index (κ2) is 39.3. The molecule has 492 valence electrons. The molecular weight excluding hydrogens is 1170 g/mol. The highest BCUT2D eigenvalue weighted by Gasteiger charge is 2.32. The van der Waals surface area contributed by atoms with Crippen LogP contribution >= 0.6 is 0 Å². The molecular formula is C75H96N10O8+2. The maximum atomic E-state index is 12.3. The molecule has 0 saturated carbocycles. The van der Waals surface area contributed by atoms with Crippen molar-refractivity contribution >= 4 is 81.0 Å². The van der Waals surface area contributed by atoms with Crippen molar-refractivity contribution in [2.45, 2.75) is 64.2 Å². The van der Waals surface area contributed by atoms with E-state index in [2.05, 4.69) is 244 Å². The summed E-state index contributed by atoms with van der Waals surface area (Å²) in [5.41, 5.74) is 24.3. The lowest BCUT2D eigenvalue weighted by Crippen LogP contribution is -2.32. The van der Waals surface area contributed by atoms with Gasteiger partial charge in [0.1, 0.15) is 34.0 Å². The van der Waals surface area contributed by atoms with Gasteiger partial charge in [-0.05, 0) is 155 Å². The van der Waals surface area contributed by atoms with E-state index < -0.39 is 17.8 Å². The van der Waals surface area contributed by atoms with E-state index in [1.807, 2.05) is 35.2 Å². The molecule has 7 rings (SSSR count). The second-order valence-corrected chi connectivity index (χ2v) is 23.7. The molecule has 2 amide bonds. The minimum Gasteiger partial charge on any atom is -0.379 e. The molecule has 0 N–H and O–H groups in total. The van der Waals surface area contributed by atoms with E-state index in [0.717, 1.165) is 89.4 Å². The lowest BCUT2D eigenvalue weighted by atomic mass is 9.95. The van der Waals surface area contributed by atoms with E-state index in [0.29, 0.717) is 76.3 Å². The van der Waals surface area contributed by atoms with Gasteiger partial charge in [0.15, 0.2) is 11.4 Å². The molecule has 18 nitrogen and oxygen atoms in total. The Balaban J connectivity index is 0.000000298. The molecule has 93 heavy (non-hydrogen) atoms. The highest BCUT2D eigenvalue weighted by molar-refractivity contribution is 6.05. The lowest BCUT2D eigenvalue weighted by Gasteiger charge is -2.19. The number of Topliss-reactive ketones (excluding diaryl/α,β-unsaturated/α-hetero) is 1. The molecule has 18 heteroatoms. The molecule has 2 aliphatic carbocycles. The Morgan fingerprint density at radius 3 is 1.30 bits per heavy atom. The number of rotatable bonds is 34. The number of azide groups is 1. The van der Waals surface area contributed by atoms with Crippen LogP contribution in [0.1, 0.15) is 86.5 Å². The van der Waals surface area contributed by atoms with Crippen LogP contribution in [0, 0.1) is 0 Å². The number of ketones is 1. The van der Waals surface area contributed by atoms with E-state index in [1.54, 1.807) is 0 Å². The van der Waals surface area contributed by atoms with E-state index in [9.17, 15) is 19.2 Å². The Morgan fingerprint density at radius 1 is 0.505 bits per heavy atom. The molecule has 0 spiro atoms. The van der Waals surface area contributed by atoms with E-state index in [-0.39, 0.29) is 19.3 Å². The number of nitrogens with zero attached hydrogens (tertiary/aromatic N) is 10. The molecule has 1 saturated heterocycles. The summed E-state index contributed by atoms with van der Waals surface area (Å²) in [6.45, 7) is 4.83. The number of imide groups is 1. The molecule has 0 radical (unpaired) electrons. The first kappa shape index (κ1) is 72.9. The Morgan fingerprint density at radius 2 is 0.892 bits per heavy atom. The predicted octanol–water partition coefficient (Wildman–Crippen LogP) is 12.6. The highest BCUT2D eigenvalue weighted by Crippen LogP contribution is 2.30. The van der Waals surface area contributed by atoms with Gasteiger partial charge in [-0.15, -0.1) is 5.06 Å². The first-order valence-electron chi connectivity index (χ1n) is 32.1. The smallest absolute Gasteiger partial charge is 0.333 e. The van der Waals surface area contributed by atoms with Crippen molar-refractivity contribution in [1.29, 1.82) is 0 Å². The van der Waals surface area contributed by atoms with Gasteiger partial charge in [-0.3, -0.25) is 14.4 Å². The molecule has 0 aromatic heterocycles. The maximum Gasteiger partial charge on any atom is 0.333 e. The fourth-order valence-electron chi connectivity index (χ4n) is 10.1. The normalized spacial score (nSPS) is 13.4. The Hall–Kier alpha value is -9.19. The third-order valence-electron chi connectivity index (χ3n) is 15.7. The van der Waals surface area contributed by atoms with Gasteiger partial charge in [0.25, 0.3) is 11.8 Å². The summed E-state index contributed by atoms with van der Waals surface area (Å²) in [6.07, 6.45) is 31.5. The number of carbonyl (C=O) groups excluding carboxylic acids is 4. The van der Waals surface area contributed by atoms with Gasteiger partial charge in [0, 0.05) is 153 Å². The Bertz CT molecular complexity index is 3430. The predicted molar refractivity (Wildman–Crippen MR) is 379 cm³/mol. The van der Waals surface area contributed by atoms with Crippen LogP contribution in [0.2, 0.25) is 0 Å². The monoisotopic (exact) mass is 1260 g/mol. The summed E-state index contributed by atoms with van der Waals surface area (Å²) in [5, 5.41) is 4.00. The molecule has 3 aliphatic rings. The van der Waals surface area contributed by atoms with Gasteiger partial charge < -0.3 is 38.6 Å². The number of hydroxylamine groups is 2. The van der Waals surface area contributed by atoms with E-state index >= 15 is 0 Å². The van der Waals surface area contributed by atoms with Gasteiger partial charge in [0.2, 0.25) is 0 Å². The standard InChI is InChI=1S/C40H55N6O4.C35H41N4O4/c1-44(2)36-20-14-34(15-21-36)40(35-16-22-37(23-17-35)45(3)4)24-13-33-11-18-38(19-12-33)46(5)26-7-6-9-39(47)10-8-27-48-29-31-50-32-30-49-28-25-42-43-41;1-36(2)29-18-12-27(13-19-29)32(28-14-20-30(21-15-28)37(3)4)22-11-26-9-16-31(17-10-26)38(5)25-7-6-8-35(42)43-39-33(40)23-24-34(39)41/h11-24H,6-10,25-32H2,1-5H3;9-22H,6-8,23-25H2,1-5H3/q2*+1. The van der Waals surface area contributed by atoms with Crippen molar-refractivity contribution in [3.05, 3.63) is 202 Å². The molecule has 0 atom stereocenters. The zero-order valence-electron chi connectivity index (χ0n) is 56.3. The van der Waals surface area contributed by atoms with Crippen molar-refractivity contribution in [2.24, 2.45) is 5.11 Å². The van der Waals surface area contributed by atoms with Crippen LogP contribution in [-0.2, 0) is 38.2 Å². The van der Waals surface area contributed by atoms with Crippen molar-refractivity contribution in [1.82, 2.24) is 5.06 Å². The van der Waals surface area contributed by atoms with Gasteiger partial charge in [-0.25, -0.2) is 13.9 Å². The minimum atomic E-state index is -0.555. The summed E-state index contributed by atoms with van der Waals surface area (Å²) in [7, 11) is 20.5. The summed E-state index contributed by atoms with van der Waals surface area (Å²) in [5.74, 6) is -1.17. The minimum absolute atomic E-state index is 0.0978. The third kappa shape index (κ3) is 25.1. The molecule has 4 aromatic carbocycles. The van der Waals surface area contributed by atoms with Crippen LogP contribution in [0.15, 0.2) is 174 Å². The zero-order valence-corrected chi connectivity index (χ0v) is 56.3. The van der Waals surface area contributed by atoms with Crippen LogP contribution in [0.3, 0.4) is 0 Å². The fraction of sp³-hybridized carbons (Fsp3) is 0.387.